The molecule has 29 heavy (non-hydrogen) atoms. The third-order valence-corrected chi connectivity index (χ3v) is 5.58. The zero-order chi connectivity index (χ0) is 21.0. The zero-order valence-electron chi connectivity index (χ0n) is 17.5. The van der Waals surface area contributed by atoms with Gasteiger partial charge in [0, 0.05) is 17.8 Å². The molecule has 2 unspecified atom stereocenters. The first-order chi connectivity index (χ1) is 13.8. The summed E-state index contributed by atoms with van der Waals surface area (Å²) in [5.74, 6) is -0.898. The van der Waals surface area contributed by atoms with E-state index in [1.807, 2.05) is 44.2 Å². The number of rotatable bonds is 7. The van der Waals surface area contributed by atoms with Crippen LogP contribution in [0.4, 0.5) is 5.69 Å². The Morgan fingerprint density at radius 1 is 1.17 bits per heavy atom. The number of Topliss-reactive ketones (excluding diaryl/α,β-unsaturated/α-hetero) is 1. The van der Waals surface area contributed by atoms with Crippen molar-refractivity contribution in [1.29, 1.82) is 0 Å². The SMILES string of the molecule is CC(NNc1cc(C)cc(C)c1)=C1CNC(C)(Cc2ccccc2)C1C(=O)C=O. The molecule has 0 aliphatic carbocycles. The fourth-order valence-corrected chi connectivity index (χ4v) is 4.27. The molecule has 0 saturated carbocycles. The highest BCUT2D eigenvalue weighted by Crippen LogP contribution is 2.35. The van der Waals surface area contributed by atoms with Gasteiger partial charge in [-0.1, -0.05) is 36.4 Å². The molecule has 2 atom stereocenters. The van der Waals surface area contributed by atoms with Crippen LogP contribution < -0.4 is 16.2 Å². The van der Waals surface area contributed by atoms with E-state index in [-0.39, 0.29) is 0 Å². The average molecular weight is 392 g/mol. The van der Waals surface area contributed by atoms with E-state index in [4.69, 9.17) is 0 Å². The molecule has 1 saturated heterocycles. The first-order valence-electron chi connectivity index (χ1n) is 9.90. The molecule has 0 amide bonds. The standard InChI is InChI=1S/C24H29N3O2/c1-16-10-17(2)12-20(11-16)27-26-18(3)21-14-25-24(4,23(21)22(29)15-28)13-19-8-6-5-7-9-19/h5-12,15,23,25-27H,13-14H2,1-4H3. The van der Waals surface area contributed by atoms with Gasteiger partial charge in [-0.25, -0.2) is 0 Å². The molecule has 5 nitrogen and oxygen atoms in total. The van der Waals surface area contributed by atoms with Crippen LogP contribution in [-0.4, -0.2) is 24.2 Å². The first-order valence-corrected chi connectivity index (χ1v) is 9.90. The summed E-state index contributed by atoms with van der Waals surface area (Å²) in [4.78, 5) is 24.0. The number of carbonyl (C=O) groups excluding carboxylic acids is 2. The molecule has 152 valence electrons. The van der Waals surface area contributed by atoms with Gasteiger partial charge < -0.3 is 16.2 Å². The van der Waals surface area contributed by atoms with Crippen LogP contribution in [0.15, 0.2) is 59.8 Å². The topological polar surface area (TPSA) is 70.2 Å². The highest BCUT2D eigenvalue weighted by molar-refractivity contribution is 6.27. The Hall–Kier alpha value is -2.92. The Labute approximate surface area is 172 Å². The molecule has 2 aromatic carbocycles. The number of hydrazine groups is 1. The van der Waals surface area contributed by atoms with Crippen LogP contribution in [0.1, 0.15) is 30.5 Å². The van der Waals surface area contributed by atoms with E-state index < -0.39 is 17.2 Å². The second kappa shape index (κ2) is 8.62. The Bertz CT molecular complexity index is 916. The summed E-state index contributed by atoms with van der Waals surface area (Å²) in [7, 11) is 0. The van der Waals surface area contributed by atoms with E-state index in [0.717, 1.165) is 22.5 Å². The van der Waals surface area contributed by atoms with E-state index in [0.29, 0.717) is 19.3 Å². The Balaban J connectivity index is 1.84. The van der Waals surface area contributed by atoms with Gasteiger partial charge in [0.1, 0.15) is 0 Å². The second-order valence-corrected chi connectivity index (χ2v) is 8.16. The van der Waals surface area contributed by atoms with Crippen LogP contribution in [0.25, 0.3) is 0 Å². The van der Waals surface area contributed by atoms with Crippen molar-refractivity contribution in [2.75, 3.05) is 12.0 Å². The lowest BCUT2D eigenvalue weighted by Crippen LogP contribution is -2.47. The monoisotopic (exact) mass is 391 g/mol. The summed E-state index contributed by atoms with van der Waals surface area (Å²) < 4.78 is 0. The molecular formula is C24H29N3O2. The van der Waals surface area contributed by atoms with Crippen molar-refractivity contribution < 1.29 is 9.59 Å². The molecule has 1 fully saturated rings. The minimum Gasteiger partial charge on any atom is -0.306 e. The maximum Gasteiger partial charge on any atom is 0.204 e. The van der Waals surface area contributed by atoms with Gasteiger partial charge in [0.2, 0.25) is 5.78 Å². The van der Waals surface area contributed by atoms with Gasteiger partial charge in [0.25, 0.3) is 0 Å². The Kier molecular flexibility index (Phi) is 6.18. The maximum absolute atomic E-state index is 12.6. The maximum atomic E-state index is 12.6. The van der Waals surface area contributed by atoms with E-state index in [1.54, 1.807) is 0 Å². The van der Waals surface area contributed by atoms with Crippen LogP contribution in [0, 0.1) is 19.8 Å². The van der Waals surface area contributed by atoms with Gasteiger partial charge >= 0.3 is 0 Å². The zero-order valence-corrected chi connectivity index (χ0v) is 17.5. The number of hydrogen-bond donors (Lipinski definition) is 3. The lowest BCUT2D eigenvalue weighted by Gasteiger charge is -2.30. The summed E-state index contributed by atoms with van der Waals surface area (Å²) in [5.41, 5.74) is 12.1. The molecule has 0 radical (unpaired) electrons. The van der Waals surface area contributed by atoms with Gasteiger partial charge in [-0.3, -0.25) is 9.59 Å². The summed E-state index contributed by atoms with van der Waals surface area (Å²) in [6, 6.07) is 16.3. The number of aryl methyl sites for hydroxylation is 2. The number of aldehydes is 1. The van der Waals surface area contributed by atoms with E-state index >= 15 is 0 Å². The smallest absolute Gasteiger partial charge is 0.204 e. The largest absolute Gasteiger partial charge is 0.306 e. The number of nitrogens with one attached hydrogen (secondary N) is 3. The fourth-order valence-electron chi connectivity index (χ4n) is 4.27. The van der Waals surface area contributed by atoms with Crippen LogP contribution >= 0.6 is 0 Å². The summed E-state index contributed by atoms with van der Waals surface area (Å²) >= 11 is 0. The van der Waals surface area contributed by atoms with Crippen molar-refractivity contribution in [3.8, 4) is 0 Å². The van der Waals surface area contributed by atoms with Gasteiger partial charge in [-0.05, 0) is 68.5 Å². The third-order valence-electron chi connectivity index (χ3n) is 5.58. The molecule has 0 spiro atoms. The van der Waals surface area contributed by atoms with Crippen molar-refractivity contribution >= 4 is 17.8 Å². The van der Waals surface area contributed by atoms with Gasteiger partial charge in [-0.15, -0.1) is 0 Å². The number of allylic oxidation sites excluding steroid dienone is 1. The number of hydrogen-bond acceptors (Lipinski definition) is 5. The first kappa shape index (κ1) is 20.8. The van der Waals surface area contributed by atoms with Crippen molar-refractivity contribution in [2.24, 2.45) is 5.92 Å². The molecule has 1 aliphatic heterocycles. The van der Waals surface area contributed by atoms with Crippen LogP contribution in [0.2, 0.25) is 0 Å². The fraction of sp³-hybridized carbons (Fsp3) is 0.333. The van der Waals surface area contributed by atoms with E-state index in [2.05, 4.69) is 48.2 Å². The molecule has 3 N–H and O–H groups in total. The highest BCUT2D eigenvalue weighted by atomic mass is 16.2. The number of carbonyl (C=O) groups is 2. The van der Waals surface area contributed by atoms with Gasteiger partial charge in [0.15, 0.2) is 6.29 Å². The lowest BCUT2D eigenvalue weighted by atomic mass is 9.77. The molecule has 5 heteroatoms. The van der Waals surface area contributed by atoms with Gasteiger partial charge in [0.05, 0.1) is 11.6 Å². The van der Waals surface area contributed by atoms with Crippen LogP contribution in [-0.2, 0) is 16.0 Å². The van der Waals surface area contributed by atoms with Crippen molar-refractivity contribution in [3.05, 3.63) is 76.5 Å². The van der Waals surface area contributed by atoms with Crippen molar-refractivity contribution in [2.45, 2.75) is 39.7 Å². The Morgan fingerprint density at radius 3 is 2.45 bits per heavy atom. The van der Waals surface area contributed by atoms with Crippen molar-refractivity contribution in [3.63, 3.8) is 0 Å². The minimum absolute atomic E-state index is 0.393. The van der Waals surface area contributed by atoms with E-state index in [9.17, 15) is 9.59 Å². The molecule has 0 aromatic heterocycles. The van der Waals surface area contributed by atoms with E-state index in [1.165, 1.54) is 11.1 Å². The average Bonchev–Trinajstić information content (AvgIpc) is 3.02. The quantitative estimate of drug-likeness (QED) is 0.383. The van der Waals surface area contributed by atoms with Crippen LogP contribution in [0.5, 0.6) is 0 Å². The summed E-state index contributed by atoms with van der Waals surface area (Å²) in [6.45, 7) is 8.62. The Morgan fingerprint density at radius 2 is 1.83 bits per heavy atom. The lowest BCUT2D eigenvalue weighted by molar-refractivity contribution is -0.132. The van der Waals surface area contributed by atoms with Crippen molar-refractivity contribution in [1.82, 2.24) is 10.7 Å². The van der Waals surface area contributed by atoms with Crippen LogP contribution in [0.3, 0.4) is 0 Å². The molecule has 1 heterocycles. The second-order valence-electron chi connectivity index (χ2n) is 8.16. The predicted molar refractivity (Wildman–Crippen MR) is 116 cm³/mol. The summed E-state index contributed by atoms with van der Waals surface area (Å²) in [5, 5.41) is 3.49. The highest BCUT2D eigenvalue weighted by Gasteiger charge is 2.46. The minimum atomic E-state index is -0.516. The molecule has 1 aliphatic rings. The molecule has 0 bridgehead atoms. The normalized spacial score (nSPS) is 22.8. The molecule has 3 rings (SSSR count). The van der Waals surface area contributed by atoms with Gasteiger partial charge in [-0.2, -0.15) is 0 Å². The number of benzene rings is 2. The number of anilines is 1. The predicted octanol–water partition coefficient (Wildman–Crippen LogP) is 3.48. The molecule has 2 aromatic rings. The number of ketones is 1. The summed E-state index contributed by atoms with van der Waals surface area (Å²) in [6.07, 6.45) is 1.12. The third kappa shape index (κ3) is 4.74. The molecular weight excluding hydrogens is 362 g/mol.